The fraction of sp³-hybridized carbons (Fsp3) is 0.273. The number of furan rings is 1. The van der Waals surface area contributed by atoms with Gasteiger partial charge in [0.05, 0.1) is 12.2 Å². The van der Waals surface area contributed by atoms with E-state index in [4.69, 9.17) is 4.42 Å². The lowest BCUT2D eigenvalue weighted by Crippen LogP contribution is -2.40. The molecule has 0 saturated carbocycles. The van der Waals surface area contributed by atoms with Crippen LogP contribution in [0.3, 0.4) is 0 Å². The van der Waals surface area contributed by atoms with Crippen molar-refractivity contribution in [2.75, 3.05) is 18.4 Å². The summed E-state index contributed by atoms with van der Waals surface area (Å²) in [5.74, 6) is 0.942. The SMILES string of the molecule is O=C(Nc1ccc(-c2ccco2)cc1)C1CCCN(Cc2ccncc2)C1. The zero-order valence-electron chi connectivity index (χ0n) is 15.2. The Hall–Kier alpha value is -2.92. The molecule has 4 rings (SSSR count). The molecule has 1 amide bonds. The molecule has 5 nitrogen and oxygen atoms in total. The normalized spacial score (nSPS) is 17.6. The molecule has 1 aliphatic heterocycles. The Morgan fingerprint density at radius 2 is 1.96 bits per heavy atom. The Morgan fingerprint density at radius 1 is 1.15 bits per heavy atom. The van der Waals surface area contributed by atoms with Gasteiger partial charge in [-0.05, 0) is 73.5 Å². The lowest BCUT2D eigenvalue weighted by Gasteiger charge is -2.32. The van der Waals surface area contributed by atoms with E-state index < -0.39 is 0 Å². The van der Waals surface area contributed by atoms with Crippen molar-refractivity contribution in [3.8, 4) is 11.3 Å². The van der Waals surface area contributed by atoms with Crippen LogP contribution in [0.25, 0.3) is 11.3 Å². The molecular formula is C22H23N3O2. The Bertz CT molecular complexity index is 860. The summed E-state index contributed by atoms with van der Waals surface area (Å²) in [4.78, 5) is 19.1. The van der Waals surface area contributed by atoms with Crippen LogP contribution in [0.4, 0.5) is 5.69 Å². The van der Waals surface area contributed by atoms with E-state index in [9.17, 15) is 4.79 Å². The third kappa shape index (κ3) is 4.44. The van der Waals surface area contributed by atoms with E-state index in [1.54, 1.807) is 6.26 Å². The third-order valence-electron chi connectivity index (χ3n) is 4.99. The second kappa shape index (κ2) is 8.18. The second-order valence-electron chi connectivity index (χ2n) is 6.97. The summed E-state index contributed by atoms with van der Waals surface area (Å²) in [6, 6.07) is 15.6. The number of benzene rings is 1. The average Bonchev–Trinajstić information content (AvgIpc) is 3.24. The van der Waals surface area contributed by atoms with Gasteiger partial charge in [-0.3, -0.25) is 14.7 Å². The fourth-order valence-electron chi connectivity index (χ4n) is 3.56. The Labute approximate surface area is 159 Å². The second-order valence-corrected chi connectivity index (χ2v) is 6.97. The van der Waals surface area contributed by atoms with E-state index in [0.29, 0.717) is 0 Å². The largest absolute Gasteiger partial charge is 0.464 e. The topological polar surface area (TPSA) is 58.4 Å². The van der Waals surface area contributed by atoms with Crippen LogP contribution in [-0.2, 0) is 11.3 Å². The van der Waals surface area contributed by atoms with Crippen molar-refractivity contribution in [2.45, 2.75) is 19.4 Å². The summed E-state index contributed by atoms with van der Waals surface area (Å²) in [6.45, 7) is 2.69. The molecule has 1 saturated heterocycles. The number of carbonyl (C=O) groups excluding carboxylic acids is 1. The molecule has 3 heterocycles. The van der Waals surface area contributed by atoms with Crippen molar-refractivity contribution in [3.05, 3.63) is 72.8 Å². The molecule has 1 unspecified atom stereocenters. The maximum Gasteiger partial charge on any atom is 0.228 e. The van der Waals surface area contributed by atoms with E-state index in [-0.39, 0.29) is 11.8 Å². The highest BCUT2D eigenvalue weighted by Crippen LogP contribution is 2.23. The van der Waals surface area contributed by atoms with Crippen LogP contribution >= 0.6 is 0 Å². The summed E-state index contributed by atoms with van der Waals surface area (Å²) in [6.07, 6.45) is 7.27. The van der Waals surface area contributed by atoms with Crippen molar-refractivity contribution in [3.63, 3.8) is 0 Å². The highest BCUT2D eigenvalue weighted by atomic mass is 16.3. The van der Waals surface area contributed by atoms with Gasteiger partial charge in [0.2, 0.25) is 5.91 Å². The van der Waals surface area contributed by atoms with Gasteiger partial charge in [0.1, 0.15) is 5.76 Å². The van der Waals surface area contributed by atoms with Crippen molar-refractivity contribution >= 4 is 11.6 Å². The molecule has 0 bridgehead atoms. The molecule has 5 heteroatoms. The summed E-state index contributed by atoms with van der Waals surface area (Å²) in [5.41, 5.74) is 3.06. The van der Waals surface area contributed by atoms with Crippen molar-refractivity contribution in [1.82, 2.24) is 9.88 Å². The van der Waals surface area contributed by atoms with Gasteiger partial charge < -0.3 is 9.73 Å². The number of hydrogen-bond donors (Lipinski definition) is 1. The number of rotatable bonds is 5. The molecule has 2 aromatic heterocycles. The molecule has 1 fully saturated rings. The predicted octanol–water partition coefficient (Wildman–Crippen LogP) is 4.19. The molecule has 27 heavy (non-hydrogen) atoms. The van der Waals surface area contributed by atoms with Crippen molar-refractivity contribution in [2.24, 2.45) is 5.92 Å². The summed E-state index contributed by atoms with van der Waals surface area (Å²) in [5, 5.41) is 3.06. The lowest BCUT2D eigenvalue weighted by atomic mass is 9.96. The van der Waals surface area contributed by atoms with E-state index in [0.717, 1.165) is 49.5 Å². The molecule has 0 radical (unpaired) electrons. The van der Waals surface area contributed by atoms with Crippen LogP contribution < -0.4 is 5.32 Å². The molecule has 1 aromatic carbocycles. The molecule has 1 N–H and O–H groups in total. The number of likely N-dealkylation sites (tertiary alicyclic amines) is 1. The number of nitrogens with zero attached hydrogens (tertiary/aromatic N) is 2. The lowest BCUT2D eigenvalue weighted by molar-refractivity contribution is -0.121. The van der Waals surface area contributed by atoms with Gasteiger partial charge in [0, 0.05) is 36.7 Å². The average molecular weight is 361 g/mol. The number of piperidine rings is 1. The maximum atomic E-state index is 12.7. The van der Waals surface area contributed by atoms with Crippen LogP contribution in [0, 0.1) is 5.92 Å². The number of amides is 1. The minimum atomic E-state index is 0.0188. The Kier molecular flexibility index (Phi) is 5.30. The van der Waals surface area contributed by atoms with E-state index in [2.05, 4.69) is 15.2 Å². The van der Waals surface area contributed by atoms with Gasteiger partial charge in [-0.2, -0.15) is 0 Å². The third-order valence-corrected chi connectivity index (χ3v) is 4.99. The fourth-order valence-corrected chi connectivity index (χ4v) is 3.56. The van der Waals surface area contributed by atoms with Crippen molar-refractivity contribution in [1.29, 1.82) is 0 Å². The van der Waals surface area contributed by atoms with E-state index in [1.165, 1.54) is 5.56 Å². The molecule has 1 atom stereocenters. The summed E-state index contributed by atoms with van der Waals surface area (Å²) < 4.78 is 5.40. The Balaban J connectivity index is 1.35. The molecule has 1 aliphatic rings. The minimum Gasteiger partial charge on any atom is -0.464 e. The number of hydrogen-bond acceptors (Lipinski definition) is 4. The predicted molar refractivity (Wildman–Crippen MR) is 105 cm³/mol. The number of aromatic nitrogens is 1. The Morgan fingerprint density at radius 3 is 2.70 bits per heavy atom. The number of anilines is 1. The minimum absolute atomic E-state index is 0.0188. The smallest absolute Gasteiger partial charge is 0.228 e. The van der Waals surface area contributed by atoms with Gasteiger partial charge in [-0.15, -0.1) is 0 Å². The van der Waals surface area contributed by atoms with Crippen molar-refractivity contribution < 1.29 is 9.21 Å². The molecule has 0 aliphatic carbocycles. The molecule has 138 valence electrons. The highest BCUT2D eigenvalue weighted by Gasteiger charge is 2.25. The van der Waals surface area contributed by atoms with Gasteiger partial charge in [-0.1, -0.05) is 0 Å². The van der Waals surface area contributed by atoms with Gasteiger partial charge in [-0.25, -0.2) is 0 Å². The zero-order valence-corrected chi connectivity index (χ0v) is 15.2. The van der Waals surface area contributed by atoms with E-state index in [1.807, 2.05) is 60.9 Å². The number of carbonyl (C=O) groups is 1. The molecule has 3 aromatic rings. The van der Waals surface area contributed by atoms with Crippen LogP contribution in [0.5, 0.6) is 0 Å². The standard InChI is InChI=1S/C22H23N3O2/c26-22(24-20-7-5-18(6-8-20)21-4-2-14-27-21)19-3-1-13-25(16-19)15-17-9-11-23-12-10-17/h2,4-12,14,19H,1,3,13,15-16H2,(H,24,26). The zero-order chi connectivity index (χ0) is 18.5. The van der Waals surface area contributed by atoms with Crippen LogP contribution in [-0.4, -0.2) is 28.9 Å². The first-order valence-corrected chi connectivity index (χ1v) is 9.34. The van der Waals surface area contributed by atoms with Gasteiger partial charge >= 0.3 is 0 Å². The number of pyridine rings is 1. The monoisotopic (exact) mass is 361 g/mol. The number of nitrogens with one attached hydrogen (secondary N) is 1. The van der Waals surface area contributed by atoms with Gasteiger partial charge in [0.15, 0.2) is 0 Å². The quantitative estimate of drug-likeness (QED) is 0.740. The first-order chi connectivity index (χ1) is 13.3. The molecular weight excluding hydrogens is 338 g/mol. The highest BCUT2D eigenvalue weighted by molar-refractivity contribution is 5.93. The first kappa shape index (κ1) is 17.5. The van der Waals surface area contributed by atoms with Gasteiger partial charge in [0.25, 0.3) is 0 Å². The molecule has 0 spiro atoms. The van der Waals surface area contributed by atoms with Crippen LogP contribution in [0.1, 0.15) is 18.4 Å². The van der Waals surface area contributed by atoms with Crippen LogP contribution in [0.2, 0.25) is 0 Å². The maximum absolute atomic E-state index is 12.7. The summed E-state index contributed by atoms with van der Waals surface area (Å²) >= 11 is 0. The first-order valence-electron chi connectivity index (χ1n) is 9.34. The van der Waals surface area contributed by atoms with Crippen LogP contribution in [0.15, 0.2) is 71.6 Å². The van der Waals surface area contributed by atoms with E-state index >= 15 is 0 Å². The summed E-state index contributed by atoms with van der Waals surface area (Å²) in [7, 11) is 0.